The van der Waals surface area contributed by atoms with Gasteiger partial charge in [-0.05, 0) is 31.4 Å². The smallest absolute Gasteiger partial charge is 0.131 e. The van der Waals surface area contributed by atoms with Crippen LogP contribution in [-0.4, -0.2) is 49.9 Å². The van der Waals surface area contributed by atoms with Crippen LogP contribution >= 0.6 is 0 Å². The molecule has 1 saturated heterocycles. The summed E-state index contributed by atoms with van der Waals surface area (Å²) in [6.07, 6.45) is 6.11. The molecule has 0 aliphatic carbocycles. The molecule has 0 saturated carbocycles. The number of aliphatic hydroxyl groups excluding tert-OH is 1. The molecule has 1 aliphatic rings. The Morgan fingerprint density at radius 3 is 3.00 bits per heavy atom. The Balaban J connectivity index is 1.55. The largest absolute Gasteiger partial charge is 0.394 e. The summed E-state index contributed by atoms with van der Waals surface area (Å²) in [5, 5.41) is 17.5. The molecule has 22 heavy (non-hydrogen) atoms. The summed E-state index contributed by atoms with van der Waals surface area (Å²) in [5.41, 5.74) is 7.49. The van der Waals surface area contributed by atoms with Gasteiger partial charge in [-0.25, -0.2) is 0 Å². The number of ether oxygens (including phenoxy) is 1. The predicted octanol–water partition coefficient (Wildman–Crippen LogP) is 0.597. The quantitative estimate of drug-likeness (QED) is 0.839. The first-order valence-electron chi connectivity index (χ1n) is 7.59. The number of aliphatic hydroxyl groups is 1. The Kier molecular flexibility index (Phi) is 4.77. The highest BCUT2D eigenvalue weighted by Gasteiger charge is 2.28. The van der Waals surface area contributed by atoms with Gasteiger partial charge < -0.3 is 15.6 Å². The van der Waals surface area contributed by atoms with E-state index in [-0.39, 0.29) is 24.9 Å². The van der Waals surface area contributed by atoms with Gasteiger partial charge in [0.25, 0.3) is 0 Å². The maximum Gasteiger partial charge on any atom is 0.131 e. The van der Waals surface area contributed by atoms with E-state index in [1.165, 1.54) is 0 Å². The minimum absolute atomic E-state index is 0.0230. The summed E-state index contributed by atoms with van der Waals surface area (Å²) in [7, 11) is 0. The fourth-order valence-corrected chi connectivity index (χ4v) is 2.69. The number of hydrogen-bond acceptors (Lipinski definition) is 6. The zero-order chi connectivity index (χ0) is 15.4. The second-order valence-electron chi connectivity index (χ2n) is 5.59. The van der Waals surface area contributed by atoms with Crippen LogP contribution in [0.3, 0.4) is 0 Å². The Hall–Kier alpha value is -1.83. The third kappa shape index (κ3) is 3.49. The molecule has 7 heteroatoms. The van der Waals surface area contributed by atoms with Crippen LogP contribution in [0.2, 0.25) is 0 Å². The molecule has 0 amide bonds. The van der Waals surface area contributed by atoms with Crippen molar-refractivity contribution in [2.75, 3.05) is 6.61 Å². The van der Waals surface area contributed by atoms with E-state index < -0.39 is 0 Å². The summed E-state index contributed by atoms with van der Waals surface area (Å²) in [6, 6.07) is 5.64. The van der Waals surface area contributed by atoms with E-state index in [1.54, 1.807) is 10.9 Å². The molecule has 1 aliphatic heterocycles. The van der Waals surface area contributed by atoms with Crippen molar-refractivity contribution in [3.8, 4) is 11.4 Å². The Labute approximate surface area is 129 Å². The van der Waals surface area contributed by atoms with Gasteiger partial charge >= 0.3 is 0 Å². The van der Waals surface area contributed by atoms with Crippen LogP contribution in [-0.2, 0) is 11.3 Å². The molecular formula is C15H21N5O2. The Morgan fingerprint density at radius 1 is 1.32 bits per heavy atom. The normalized spacial score (nSPS) is 25.3. The monoisotopic (exact) mass is 303 g/mol. The summed E-state index contributed by atoms with van der Waals surface area (Å²) in [4.78, 5) is 4.26. The van der Waals surface area contributed by atoms with Crippen LogP contribution < -0.4 is 5.73 Å². The zero-order valence-electron chi connectivity index (χ0n) is 12.4. The predicted molar refractivity (Wildman–Crippen MR) is 80.8 cm³/mol. The van der Waals surface area contributed by atoms with Crippen molar-refractivity contribution < 1.29 is 9.84 Å². The van der Waals surface area contributed by atoms with Crippen molar-refractivity contribution in [1.82, 2.24) is 20.0 Å². The second kappa shape index (κ2) is 6.95. The maximum absolute atomic E-state index is 9.25. The standard InChI is InChI=1S/C15H21N5O2/c16-12-5-4-11(22-15(12)10-21)6-8-20-9-14(18-19-20)13-3-1-2-7-17-13/h1-3,7,9,11-12,15,21H,4-6,8,10,16H2/t11-,12-,15-/m0/s1. The lowest BCUT2D eigenvalue weighted by Crippen LogP contribution is -2.46. The van der Waals surface area contributed by atoms with Crippen LogP contribution in [0.5, 0.6) is 0 Å². The molecule has 0 spiro atoms. The summed E-state index contributed by atoms with van der Waals surface area (Å²) >= 11 is 0. The number of rotatable bonds is 5. The van der Waals surface area contributed by atoms with Crippen molar-refractivity contribution in [2.24, 2.45) is 5.73 Å². The molecule has 1 fully saturated rings. The van der Waals surface area contributed by atoms with Gasteiger partial charge in [-0.15, -0.1) is 5.10 Å². The number of nitrogens with zero attached hydrogens (tertiary/aromatic N) is 4. The van der Waals surface area contributed by atoms with Crippen LogP contribution in [0.25, 0.3) is 11.4 Å². The molecule has 118 valence electrons. The highest BCUT2D eigenvalue weighted by Crippen LogP contribution is 2.21. The average Bonchev–Trinajstić information content (AvgIpc) is 3.04. The second-order valence-corrected chi connectivity index (χ2v) is 5.59. The SMILES string of the molecule is N[C@H]1CC[C@@H](CCn2cc(-c3ccccn3)nn2)O[C@H]1CO. The van der Waals surface area contributed by atoms with Crippen LogP contribution in [0.15, 0.2) is 30.6 Å². The molecule has 0 unspecified atom stereocenters. The number of aromatic nitrogens is 4. The summed E-state index contributed by atoms with van der Waals surface area (Å²) in [5.74, 6) is 0. The number of aryl methyl sites for hydroxylation is 1. The van der Waals surface area contributed by atoms with Gasteiger partial charge in [0.15, 0.2) is 0 Å². The molecule has 3 heterocycles. The van der Waals surface area contributed by atoms with Crippen LogP contribution in [0.4, 0.5) is 0 Å². The van der Waals surface area contributed by atoms with Crippen molar-refractivity contribution in [3.63, 3.8) is 0 Å². The Bertz CT molecular complexity index is 589. The summed E-state index contributed by atoms with van der Waals surface area (Å²) < 4.78 is 7.61. The molecule has 7 nitrogen and oxygen atoms in total. The highest BCUT2D eigenvalue weighted by atomic mass is 16.5. The van der Waals surface area contributed by atoms with E-state index in [1.807, 2.05) is 24.4 Å². The topological polar surface area (TPSA) is 99.1 Å². The Morgan fingerprint density at radius 2 is 2.23 bits per heavy atom. The molecule has 2 aromatic heterocycles. The third-order valence-electron chi connectivity index (χ3n) is 3.99. The van der Waals surface area contributed by atoms with E-state index in [2.05, 4.69) is 15.3 Å². The van der Waals surface area contributed by atoms with E-state index in [9.17, 15) is 5.11 Å². The van der Waals surface area contributed by atoms with E-state index in [0.717, 1.165) is 37.2 Å². The van der Waals surface area contributed by atoms with Crippen molar-refractivity contribution in [3.05, 3.63) is 30.6 Å². The van der Waals surface area contributed by atoms with Gasteiger partial charge in [0.1, 0.15) is 5.69 Å². The summed E-state index contributed by atoms with van der Waals surface area (Å²) in [6.45, 7) is 0.697. The van der Waals surface area contributed by atoms with Crippen molar-refractivity contribution in [1.29, 1.82) is 0 Å². The highest BCUT2D eigenvalue weighted by molar-refractivity contribution is 5.51. The molecule has 3 N–H and O–H groups in total. The average molecular weight is 303 g/mol. The molecule has 3 atom stereocenters. The minimum Gasteiger partial charge on any atom is -0.394 e. The first kappa shape index (κ1) is 15.1. The lowest BCUT2D eigenvalue weighted by atomic mass is 9.98. The zero-order valence-corrected chi connectivity index (χ0v) is 12.4. The lowest BCUT2D eigenvalue weighted by molar-refractivity contribution is -0.0861. The molecule has 0 radical (unpaired) electrons. The van der Waals surface area contributed by atoms with Gasteiger partial charge in [-0.2, -0.15) is 0 Å². The van der Waals surface area contributed by atoms with Gasteiger partial charge in [0, 0.05) is 18.8 Å². The van der Waals surface area contributed by atoms with Gasteiger partial charge in [-0.1, -0.05) is 11.3 Å². The van der Waals surface area contributed by atoms with Crippen LogP contribution in [0, 0.1) is 0 Å². The first-order valence-corrected chi connectivity index (χ1v) is 7.59. The molecule has 3 rings (SSSR count). The molecule has 2 aromatic rings. The minimum atomic E-state index is -0.251. The van der Waals surface area contributed by atoms with E-state index >= 15 is 0 Å². The molecule has 0 bridgehead atoms. The number of pyridine rings is 1. The molecular weight excluding hydrogens is 282 g/mol. The van der Waals surface area contributed by atoms with Crippen LogP contribution in [0.1, 0.15) is 19.3 Å². The van der Waals surface area contributed by atoms with Gasteiger partial charge in [0.2, 0.25) is 0 Å². The van der Waals surface area contributed by atoms with E-state index in [0.29, 0.717) is 0 Å². The maximum atomic E-state index is 9.25. The van der Waals surface area contributed by atoms with Crippen molar-refractivity contribution in [2.45, 2.75) is 44.1 Å². The first-order chi connectivity index (χ1) is 10.8. The number of hydrogen-bond donors (Lipinski definition) is 2. The van der Waals surface area contributed by atoms with Gasteiger partial charge in [-0.3, -0.25) is 9.67 Å². The third-order valence-corrected chi connectivity index (χ3v) is 3.99. The van der Waals surface area contributed by atoms with Crippen molar-refractivity contribution >= 4 is 0 Å². The molecule has 0 aromatic carbocycles. The van der Waals surface area contributed by atoms with Gasteiger partial charge in [0.05, 0.1) is 30.7 Å². The number of nitrogens with two attached hydrogens (primary N) is 1. The van der Waals surface area contributed by atoms with E-state index in [4.69, 9.17) is 10.5 Å². The fourth-order valence-electron chi connectivity index (χ4n) is 2.69. The lowest BCUT2D eigenvalue weighted by Gasteiger charge is -2.33. The fraction of sp³-hybridized carbons (Fsp3) is 0.533.